The summed E-state index contributed by atoms with van der Waals surface area (Å²) >= 11 is 1.47. The molecule has 0 atom stereocenters. The molecular formula is C13H13N5OS. The zero-order valence-corrected chi connectivity index (χ0v) is 11.9. The van der Waals surface area contributed by atoms with Gasteiger partial charge in [-0.15, -0.1) is 10.2 Å². The van der Waals surface area contributed by atoms with E-state index in [1.54, 1.807) is 10.8 Å². The van der Waals surface area contributed by atoms with E-state index < -0.39 is 0 Å². The highest BCUT2D eigenvalue weighted by atomic mass is 32.1. The number of fused-ring (bicyclic) bond motifs is 1. The topological polar surface area (TPSA) is 72.2 Å². The Hall–Kier alpha value is -2.28. The van der Waals surface area contributed by atoms with Crippen LogP contribution in [-0.2, 0) is 4.79 Å². The van der Waals surface area contributed by atoms with Crippen molar-refractivity contribution in [2.24, 2.45) is 5.92 Å². The summed E-state index contributed by atoms with van der Waals surface area (Å²) in [7, 11) is 0. The van der Waals surface area contributed by atoms with Gasteiger partial charge in [0.15, 0.2) is 0 Å². The number of nitrogens with one attached hydrogen (secondary N) is 1. The lowest BCUT2D eigenvalue weighted by Crippen LogP contribution is -2.17. The molecule has 2 aromatic heterocycles. The molecule has 20 heavy (non-hydrogen) atoms. The fourth-order valence-corrected chi connectivity index (χ4v) is 2.48. The smallest absolute Gasteiger partial charge is 0.234 e. The Morgan fingerprint density at radius 1 is 1.30 bits per heavy atom. The van der Waals surface area contributed by atoms with Crippen molar-refractivity contribution in [1.82, 2.24) is 19.8 Å². The first-order valence-electron chi connectivity index (χ1n) is 6.21. The van der Waals surface area contributed by atoms with E-state index in [1.807, 2.05) is 38.1 Å². The first-order valence-corrected chi connectivity index (χ1v) is 7.03. The Bertz CT molecular complexity index is 715. The van der Waals surface area contributed by atoms with Gasteiger partial charge in [-0.1, -0.05) is 25.2 Å². The van der Waals surface area contributed by atoms with Crippen LogP contribution >= 0.6 is 11.3 Å². The number of hydrogen-bond acceptors (Lipinski definition) is 5. The molecular weight excluding hydrogens is 274 g/mol. The lowest BCUT2D eigenvalue weighted by Gasteiger charge is -2.07. The monoisotopic (exact) mass is 287 g/mol. The van der Waals surface area contributed by atoms with Gasteiger partial charge in [0.25, 0.3) is 0 Å². The van der Waals surface area contributed by atoms with Crippen LogP contribution in [0.3, 0.4) is 0 Å². The van der Waals surface area contributed by atoms with Gasteiger partial charge in [0, 0.05) is 17.2 Å². The maximum Gasteiger partial charge on any atom is 0.234 e. The second-order valence-corrected chi connectivity index (χ2v) is 5.64. The number of carbonyl (C=O) groups is 1. The molecule has 2 heterocycles. The largest absolute Gasteiger partial charge is 0.326 e. The molecule has 102 valence electrons. The van der Waals surface area contributed by atoms with Gasteiger partial charge >= 0.3 is 0 Å². The van der Waals surface area contributed by atoms with E-state index >= 15 is 0 Å². The predicted octanol–water partition coefficient (Wildman–Crippen LogP) is 2.45. The quantitative estimate of drug-likeness (QED) is 0.803. The maximum atomic E-state index is 11.6. The Labute approximate surface area is 119 Å². The molecule has 0 bridgehead atoms. The molecule has 0 aliphatic heterocycles. The van der Waals surface area contributed by atoms with Gasteiger partial charge in [-0.05, 0) is 24.3 Å². The summed E-state index contributed by atoms with van der Waals surface area (Å²) in [5.41, 5.74) is 1.78. The van der Waals surface area contributed by atoms with E-state index in [0.717, 1.165) is 21.2 Å². The Morgan fingerprint density at radius 3 is 2.70 bits per heavy atom. The SMILES string of the molecule is CC(C)C(=O)Nc1ccc(-c2nn3cnnc3s2)cc1. The van der Waals surface area contributed by atoms with Crippen LogP contribution in [0, 0.1) is 5.92 Å². The lowest BCUT2D eigenvalue weighted by molar-refractivity contribution is -0.118. The van der Waals surface area contributed by atoms with Crippen LogP contribution in [0.4, 0.5) is 5.69 Å². The second-order valence-electron chi connectivity index (χ2n) is 4.69. The van der Waals surface area contributed by atoms with Crippen LogP contribution in [0.25, 0.3) is 15.5 Å². The molecule has 0 radical (unpaired) electrons. The van der Waals surface area contributed by atoms with Crippen molar-refractivity contribution < 1.29 is 4.79 Å². The number of benzene rings is 1. The normalized spacial score (nSPS) is 11.2. The molecule has 0 fully saturated rings. The molecule has 1 aromatic carbocycles. The van der Waals surface area contributed by atoms with E-state index in [4.69, 9.17) is 0 Å². The van der Waals surface area contributed by atoms with Crippen LogP contribution in [0.5, 0.6) is 0 Å². The zero-order valence-electron chi connectivity index (χ0n) is 11.1. The van der Waals surface area contributed by atoms with Crippen molar-refractivity contribution in [2.45, 2.75) is 13.8 Å². The molecule has 0 aliphatic rings. The summed E-state index contributed by atoms with van der Waals surface area (Å²) in [6.45, 7) is 3.73. The summed E-state index contributed by atoms with van der Waals surface area (Å²) in [5, 5.41) is 15.8. The van der Waals surface area contributed by atoms with Gasteiger partial charge in [0.2, 0.25) is 10.9 Å². The standard InChI is InChI=1S/C13H13N5OS/c1-8(2)11(19)15-10-5-3-9(4-6-10)12-17-18-7-14-16-13(18)20-12/h3-8H,1-2H3,(H,15,19). The third-order valence-corrected chi connectivity index (χ3v) is 3.77. The fourth-order valence-electron chi connectivity index (χ4n) is 1.66. The first kappa shape index (κ1) is 12.7. The zero-order chi connectivity index (χ0) is 14.1. The molecule has 3 rings (SSSR count). The van der Waals surface area contributed by atoms with E-state index in [0.29, 0.717) is 0 Å². The van der Waals surface area contributed by atoms with Crippen LogP contribution in [0.1, 0.15) is 13.8 Å². The van der Waals surface area contributed by atoms with Gasteiger partial charge in [-0.25, -0.2) is 0 Å². The van der Waals surface area contributed by atoms with Crippen LogP contribution in [-0.4, -0.2) is 25.7 Å². The third kappa shape index (κ3) is 2.39. The van der Waals surface area contributed by atoms with Gasteiger partial charge in [0.1, 0.15) is 11.3 Å². The van der Waals surface area contributed by atoms with Crippen LogP contribution in [0.2, 0.25) is 0 Å². The van der Waals surface area contributed by atoms with Crippen molar-refractivity contribution >= 4 is 27.9 Å². The number of anilines is 1. The van der Waals surface area contributed by atoms with Gasteiger partial charge < -0.3 is 5.32 Å². The number of hydrogen-bond donors (Lipinski definition) is 1. The maximum absolute atomic E-state index is 11.6. The second kappa shape index (κ2) is 5.01. The third-order valence-electron chi connectivity index (χ3n) is 2.81. The van der Waals surface area contributed by atoms with Crippen molar-refractivity contribution in [3.8, 4) is 10.6 Å². The molecule has 7 heteroatoms. The van der Waals surface area contributed by atoms with Crippen LogP contribution < -0.4 is 5.32 Å². The first-order chi connectivity index (χ1) is 9.63. The highest BCUT2D eigenvalue weighted by Crippen LogP contribution is 2.25. The number of aromatic nitrogens is 4. The molecule has 0 spiro atoms. The number of nitrogens with zero attached hydrogens (tertiary/aromatic N) is 4. The molecule has 6 nitrogen and oxygen atoms in total. The lowest BCUT2D eigenvalue weighted by atomic mass is 10.2. The summed E-state index contributed by atoms with van der Waals surface area (Å²) in [6.07, 6.45) is 1.58. The molecule has 1 N–H and O–H groups in total. The van der Waals surface area contributed by atoms with Crippen LogP contribution in [0.15, 0.2) is 30.6 Å². The Balaban J connectivity index is 1.82. The number of carbonyl (C=O) groups excluding carboxylic acids is 1. The van der Waals surface area contributed by atoms with E-state index in [1.165, 1.54) is 11.3 Å². The minimum Gasteiger partial charge on any atom is -0.326 e. The van der Waals surface area contributed by atoms with E-state index in [-0.39, 0.29) is 11.8 Å². The number of amides is 1. The van der Waals surface area contributed by atoms with Gasteiger partial charge in [0.05, 0.1) is 0 Å². The predicted molar refractivity (Wildman–Crippen MR) is 77.6 cm³/mol. The average molecular weight is 287 g/mol. The van der Waals surface area contributed by atoms with Gasteiger partial charge in [-0.3, -0.25) is 4.79 Å². The van der Waals surface area contributed by atoms with Gasteiger partial charge in [-0.2, -0.15) is 9.61 Å². The van der Waals surface area contributed by atoms with Crippen molar-refractivity contribution in [2.75, 3.05) is 5.32 Å². The number of rotatable bonds is 3. The molecule has 0 saturated heterocycles. The summed E-state index contributed by atoms with van der Waals surface area (Å²) in [5.74, 6) is -0.0227. The van der Waals surface area contributed by atoms with E-state index in [2.05, 4.69) is 20.6 Å². The highest BCUT2D eigenvalue weighted by molar-refractivity contribution is 7.19. The molecule has 0 unspecified atom stereocenters. The molecule has 0 saturated carbocycles. The summed E-state index contributed by atoms with van der Waals surface area (Å²) in [6, 6.07) is 7.61. The van der Waals surface area contributed by atoms with Crippen molar-refractivity contribution in [3.63, 3.8) is 0 Å². The molecule has 0 aliphatic carbocycles. The average Bonchev–Trinajstić information content (AvgIpc) is 3.00. The van der Waals surface area contributed by atoms with Crippen molar-refractivity contribution in [3.05, 3.63) is 30.6 Å². The fraction of sp³-hybridized carbons (Fsp3) is 0.231. The minimum absolute atomic E-state index is 0.0107. The van der Waals surface area contributed by atoms with E-state index in [9.17, 15) is 4.79 Å². The summed E-state index contributed by atoms with van der Waals surface area (Å²) < 4.78 is 1.65. The molecule has 3 aromatic rings. The molecule has 1 amide bonds. The summed E-state index contributed by atoms with van der Waals surface area (Å²) in [4.78, 5) is 12.4. The Morgan fingerprint density at radius 2 is 2.05 bits per heavy atom. The van der Waals surface area contributed by atoms with Crippen molar-refractivity contribution in [1.29, 1.82) is 0 Å². The highest BCUT2D eigenvalue weighted by Gasteiger charge is 2.09. The minimum atomic E-state index is -0.0334. The Kier molecular flexibility index (Phi) is 3.19.